The van der Waals surface area contributed by atoms with Crippen LogP contribution in [0.1, 0.15) is 32.8 Å². The molecule has 0 radical (unpaired) electrons. The van der Waals surface area contributed by atoms with Crippen LogP contribution >= 0.6 is 0 Å². The highest BCUT2D eigenvalue weighted by molar-refractivity contribution is 5.89. The molecule has 0 bridgehead atoms. The first-order valence-electron chi connectivity index (χ1n) is 7.55. The Hall–Kier alpha value is -2.29. The lowest BCUT2D eigenvalue weighted by Crippen LogP contribution is -2.34. The number of allylic oxidation sites excluding steroid dienone is 1. The number of aryl methyl sites for hydroxylation is 1. The fraction of sp³-hybridized carbons (Fsp3) is 0.316. The maximum atomic E-state index is 12.5. The van der Waals surface area contributed by atoms with E-state index in [1.807, 2.05) is 36.4 Å². The van der Waals surface area contributed by atoms with Crippen molar-refractivity contribution in [3.05, 3.63) is 57.9 Å². The maximum absolute atomic E-state index is 12.5. The second kappa shape index (κ2) is 5.16. The molecule has 0 N–H and O–H groups in total. The fourth-order valence-electron chi connectivity index (χ4n) is 2.79. The molecule has 1 aliphatic rings. The number of benzene rings is 1. The van der Waals surface area contributed by atoms with Crippen LogP contribution in [0, 0.1) is 0 Å². The summed E-state index contributed by atoms with van der Waals surface area (Å²) in [6.07, 6.45) is 6.85. The van der Waals surface area contributed by atoms with Gasteiger partial charge in [-0.3, -0.25) is 4.79 Å². The summed E-state index contributed by atoms with van der Waals surface area (Å²) in [6, 6.07) is 7.87. The minimum absolute atomic E-state index is 0.0192. The van der Waals surface area contributed by atoms with Gasteiger partial charge >= 0.3 is 0 Å². The molecule has 0 aliphatic carbocycles. The summed E-state index contributed by atoms with van der Waals surface area (Å²) in [6.45, 7) is 6.21. The van der Waals surface area contributed by atoms with Crippen LogP contribution in [0.15, 0.2) is 46.8 Å². The molecule has 3 rings (SSSR count). The van der Waals surface area contributed by atoms with E-state index < -0.39 is 5.60 Å². The number of para-hydroxylation sites is 1. The largest absolute Gasteiger partial charge is 0.482 e. The smallest absolute Gasteiger partial charge is 0.261 e. The van der Waals surface area contributed by atoms with Gasteiger partial charge in [-0.05, 0) is 45.1 Å². The van der Waals surface area contributed by atoms with Crippen LogP contribution in [0.25, 0.3) is 17.0 Å². The Bertz CT molecular complexity index is 854. The predicted octanol–water partition coefficient (Wildman–Crippen LogP) is 4.06. The van der Waals surface area contributed by atoms with Gasteiger partial charge in [0, 0.05) is 18.9 Å². The van der Waals surface area contributed by atoms with Crippen molar-refractivity contribution in [2.45, 2.75) is 32.8 Å². The minimum atomic E-state index is -0.417. The van der Waals surface area contributed by atoms with Gasteiger partial charge in [0.15, 0.2) is 0 Å². The van der Waals surface area contributed by atoms with Crippen LogP contribution in [-0.2, 0) is 7.05 Å². The zero-order chi connectivity index (χ0) is 15.9. The van der Waals surface area contributed by atoms with Gasteiger partial charge in [0.1, 0.15) is 11.4 Å². The van der Waals surface area contributed by atoms with E-state index in [2.05, 4.69) is 26.8 Å². The van der Waals surface area contributed by atoms with Crippen LogP contribution in [0.4, 0.5) is 0 Å². The molecule has 0 saturated heterocycles. The Morgan fingerprint density at radius 1 is 1.32 bits per heavy atom. The molecule has 0 saturated carbocycles. The molecular formula is C19H21NO2. The molecule has 3 heteroatoms. The number of fused-ring (bicyclic) bond motifs is 3. The maximum Gasteiger partial charge on any atom is 0.261 e. The summed E-state index contributed by atoms with van der Waals surface area (Å²) >= 11 is 0. The van der Waals surface area contributed by atoms with E-state index in [-0.39, 0.29) is 5.56 Å². The molecule has 0 fully saturated rings. The predicted molar refractivity (Wildman–Crippen MR) is 91.3 cm³/mol. The van der Waals surface area contributed by atoms with Gasteiger partial charge in [0.25, 0.3) is 5.56 Å². The van der Waals surface area contributed by atoms with Gasteiger partial charge in [0.05, 0.1) is 11.1 Å². The molecule has 1 aromatic carbocycles. The van der Waals surface area contributed by atoms with Gasteiger partial charge < -0.3 is 9.30 Å². The van der Waals surface area contributed by atoms with Crippen LogP contribution in [-0.4, -0.2) is 10.2 Å². The van der Waals surface area contributed by atoms with Crippen LogP contribution in [0.2, 0.25) is 0 Å². The Kier molecular flexibility index (Phi) is 3.44. The number of pyridine rings is 1. The molecule has 0 spiro atoms. The molecule has 2 aromatic rings. The van der Waals surface area contributed by atoms with Crippen molar-refractivity contribution in [1.82, 2.24) is 4.57 Å². The van der Waals surface area contributed by atoms with Crippen molar-refractivity contribution in [3.63, 3.8) is 0 Å². The van der Waals surface area contributed by atoms with Crippen molar-refractivity contribution in [3.8, 4) is 5.75 Å². The fourth-order valence-corrected chi connectivity index (χ4v) is 2.79. The number of ether oxygens (including phenoxy) is 1. The molecular weight excluding hydrogens is 274 g/mol. The number of nitrogens with zero attached hydrogens (tertiary/aromatic N) is 1. The second-order valence-electron chi connectivity index (χ2n) is 6.36. The molecule has 114 valence electrons. The minimum Gasteiger partial charge on any atom is -0.482 e. The van der Waals surface area contributed by atoms with Gasteiger partial charge in [-0.25, -0.2) is 0 Å². The number of hydrogen-bond donors (Lipinski definition) is 0. The molecule has 1 aliphatic heterocycles. The van der Waals surface area contributed by atoms with Crippen molar-refractivity contribution < 1.29 is 4.74 Å². The number of aromatic nitrogens is 1. The Morgan fingerprint density at radius 3 is 2.77 bits per heavy atom. The highest BCUT2D eigenvalue weighted by Crippen LogP contribution is 2.36. The van der Waals surface area contributed by atoms with Crippen LogP contribution < -0.4 is 10.3 Å². The van der Waals surface area contributed by atoms with E-state index in [9.17, 15) is 4.79 Å². The molecule has 1 aromatic heterocycles. The Labute approximate surface area is 130 Å². The molecule has 1 atom stereocenters. The third-order valence-corrected chi connectivity index (χ3v) is 4.14. The summed E-state index contributed by atoms with van der Waals surface area (Å²) in [5.41, 5.74) is 2.36. The average Bonchev–Trinajstić information content (AvgIpc) is 2.51. The summed E-state index contributed by atoms with van der Waals surface area (Å²) < 4.78 is 7.96. The van der Waals surface area contributed by atoms with Crippen molar-refractivity contribution in [2.24, 2.45) is 7.05 Å². The summed E-state index contributed by atoms with van der Waals surface area (Å²) in [5.74, 6) is 0.700. The third-order valence-electron chi connectivity index (χ3n) is 4.14. The topological polar surface area (TPSA) is 31.2 Å². The molecule has 22 heavy (non-hydrogen) atoms. The first-order chi connectivity index (χ1) is 10.4. The quantitative estimate of drug-likeness (QED) is 0.782. The summed E-state index contributed by atoms with van der Waals surface area (Å²) in [5, 5.41) is 0.979. The lowest BCUT2D eigenvalue weighted by molar-refractivity contribution is 0.143. The van der Waals surface area contributed by atoms with Crippen LogP contribution in [0.3, 0.4) is 0 Å². The van der Waals surface area contributed by atoms with Crippen molar-refractivity contribution in [2.75, 3.05) is 0 Å². The van der Waals surface area contributed by atoms with E-state index in [4.69, 9.17) is 4.74 Å². The van der Waals surface area contributed by atoms with Gasteiger partial charge in [-0.2, -0.15) is 0 Å². The van der Waals surface area contributed by atoms with Crippen LogP contribution in [0.5, 0.6) is 5.75 Å². The van der Waals surface area contributed by atoms with E-state index >= 15 is 0 Å². The van der Waals surface area contributed by atoms with Gasteiger partial charge in [-0.1, -0.05) is 23.8 Å². The molecule has 0 amide bonds. The zero-order valence-electron chi connectivity index (χ0n) is 13.5. The number of rotatable bonds is 2. The molecule has 1 unspecified atom stereocenters. The lowest BCUT2D eigenvalue weighted by Gasteiger charge is -2.31. The van der Waals surface area contributed by atoms with Crippen molar-refractivity contribution in [1.29, 1.82) is 0 Å². The molecule has 2 heterocycles. The van der Waals surface area contributed by atoms with Crippen molar-refractivity contribution >= 4 is 17.0 Å². The van der Waals surface area contributed by atoms with Gasteiger partial charge in [-0.15, -0.1) is 0 Å². The lowest BCUT2D eigenvalue weighted by atomic mass is 9.95. The standard InChI is InChI=1S/C19H21NO2/c1-13(2)9-11-19(3)12-10-15-17(22-19)14-7-5-6-8-16(14)20(4)18(15)21/h5-10,12H,11H2,1-4H3. The zero-order valence-corrected chi connectivity index (χ0v) is 13.5. The summed E-state index contributed by atoms with van der Waals surface area (Å²) in [4.78, 5) is 12.5. The third kappa shape index (κ3) is 2.37. The monoisotopic (exact) mass is 295 g/mol. The van der Waals surface area contributed by atoms with E-state index in [1.165, 1.54) is 5.57 Å². The normalized spacial score (nSPS) is 19.6. The highest BCUT2D eigenvalue weighted by atomic mass is 16.5. The SMILES string of the molecule is CC(C)=CCC1(C)C=Cc2c(c3ccccc3n(C)c2=O)O1. The second-order valence-corrected chi connectivity index (χ2v) is 6.36. The first-order valence-corrected chi connectivity index (χ1v) is 7.55. The number of hydrogen-bond acceptors (Lipinski definition) is 2. The highest BCUT2D eigenvalue weighted by Gasteiger charge is 2.29. The van der Waals surface area contributed by atoms with E-state index in [1.54, 1.807) is 11.6 Å². The van der Waals surface area contributed by atoms with Gasteiger partial charge in [0.2, 0.25) is 0 Å². The van der Waals surface area contributed by atoms with E-state index in [0.717, 1.165) is 17.3 Å². The van der Waals surface area contributed by atoms with E-state index in [0.29, 0.717) is 11.3 Å². The Morgan fingerprint density at radius 2 is 2.05 bits per heavy atom. The molecule has 3 nitrogen and oxygen atoms in total. The summed E-state index contributed by atoms with van der Waals surface area (Å²) in [7, 11) is 1.80. The Balaban J connectivity index is 2.19. The average molecular weight is 295 g/mol. The first kappa shape index (κ1) is 14.6.